The van der Waals surface area contributed by atoms with Gasteiger partial charge in [-0.3, -0.25) is 19.8 Å². The van der Waals surface area contributed by atoms with Gasteiger partial charge in [0.15, 0.2) is 0 Å². The number of ether oxygens (including phenoxy) is 3. The predicted molar refractivity (Wildman–Crippen MR) is 289 cm³/mol. The van der Waals surface area contributed by atoms with Crippen molar-refractivity contribution in [2.24, 2.45) is 11.3 Å². The number of nitrogens with one attached hydrogen (secondary N) is 3. The lowest BCUT2D eigenvalue weighted by atomic mass is 9.59. The SMILES string of the molecule is CO[C@@]1(C)CCN(C2CC3(CCN(c4ccc(C(=O)NS(=O)(=O)c5ccc(NCC6CCC(C)(O)CC6)c([N+](=O)[O-])c5)c(N5c6cc7cc[nH]c7nc6O[C@H]6COCC[C@@H]65)c4)CC3)C2)[C@H](c2ccccc2C(C)C)C1. The van der Waals surface area contributed by atoms with Crippen LogP contribution in [0.4, 0.5) is 28.4 Å². The topological polar surface area (TPSA) is 205 Å². The third-order valence-corrected chi connectivity index (χ3v) is 19.3. The highest BCUT2D eigenvalue weighted by Crippen LogP contribution is 2.55. The zero-order valence-corrected chi connectivity index (χ0v) is 44.7. The summed E-state index contributed by atoms with van der Waals surface area (Å²) in [6.07, 6.45) is 11.0. The van der Waals surface area contributed by atoms with Gasteiger partial charge in [-0.25, -0.2) is 13.1 Å². The lowest BCUT2D eigenvalue weighted by Crippen LogP contribution is -2.58. The first kappa shape index (κ1) is 51.3. The molecule has 3 aromatic carbocycles. The minimum Gasteiger partial charge on any atom is -0.468 e. The number of likely N-dealkylation sites (tertiary alicyclic amines) is 1. The van der Waals surface area contributed by atoms with Crippen molar-refractivity contribution in [3.05, 3.63) is 106 Å². The van der Waals surface area contributed by atoms with Crippen molar-refractivity contribution in [2.75, 3.05) is 61.6 Å². The molecule has 400 valence electrons. The van der Waals surface area contributed by atoms with Gasteiger partial charge in [0, 0.05) is 75.3 Å². The number of nitrogens with zero attached hydrogens (tertiary/aromatic N) is 5. The fraction of sp³-hybridized carbons (Fsp3) is 0.544. The fourth-order valence-corrected chi connectivity index (χ4v) is 14.2. The largest absolute Gasteiger partial charge is 0.468 e. The number of fused-ring (bicyclic) bond motifs is 3. The van der Waals surface area contributed by atoms with Crippen molar-refractivity contribution < 1.29 is 37.5 Å². The molecule has 3 saturated heterocycles. The van der Waals surface area contributed by atoms with E-state index in [0.717, 1.165) is 88.1 Å². The first-order valence-corrected chi connectivity index (χ1v) is 28.5. The van der Waals surface area contributed by atoms with Gasteiger partial charge >= 0.3 is 0 Å². The number of anilines is 4. The molecule has 4 N–H and O–H groups in total. The molecule has 11 rings (SSSR count). The summed E-state index contributed by atoms with van der Waals surface area (Å²) in [5.41, 5.74) is 4.76. The van der Waals surface area contributed by atoms with Crippen LogP contribution in [0.15, 0.2) is 83.9 Å². The van der Waals surface area contributed by atoms with Crippen LogP contribution < -0.4 is 24.6 Å². The average molecular weight is 1050 g/mol. The monoisotopic (exact) mass is 1040 g/mol. The van der Waals surface area contributed by atoms with Crippen molar-refractivity contribution in [1.29, 1.82) is 0 Å². The normalized spacial score (nSPS) is 27.1. The van der Waals surface area contributed by atoms with E-state index in [-0.39, 0.29) is 40.3 Å². The number of aliphatic hydroxyl groups is 1. The van der Waals surface area contributed by atoms with Gasteiger partial charge in [0.1, 0.15) is 23.1 Å². The number of amides is 1. The number of rotatable bonds is 13. The molecule has 0 bridgehead atoms. The molecule has 1 amide bonds. The average Bonchev–Trinajstić information content (AvgIpc) is 3.85. The number of hydrogen-bond acceptors (Lipinski definition) is 14. The predicted octanol–water partition coefficient (Wildman–Crippen LogP) is 9.75. The summed E-state index contributed by atoms with van der Waals surface area (Å²) in [4.78, 5) is 41.4. The van der Waals surface area contributed by atoms with Crippen molar-refractivity contribution in [2.45, 2.75) is 145 Å². The van der Waals surface area contributed by atoms with Gasteiger partial charge in [-0.1, -0.05) is 38.1 Å². The Kier molecular flexibility index (Phi) is 13.7. The summed E-state index contributed by atoms with van der Waals surface area (Å²) < 4.78 is 49.3. The second-order valence-electron chi connectivity index (χ2n) is 23.3. The molecule has 4 atom stereocenters. The summed E-state index contributed by atoms with van der Waals surface area (Å²) in [5.74, 6) is 0.109. The Bertz CT molecular complexity index is 3060. The van der Waals surface area contributed by atoms with E-state index >= 15 is 0 Å². The highest BCUT2D eigenvalue weighted by molar-refractivity contribution is 7.90. The molecule has 2 aliphatic carbocycles. The Morgan fingerprint density at radius 2 is 1.73 bits per heavy atom. The third kappa shape index (κ3) is 10.1. The van der Waals surface area contributed by atoms with E-state index in [2.05, 4.69) is 74.8 Å². The maximum Gasteiger partial charge on any atom is 0.293 e. The molecule has 4 aliphatic heterocycles. The van der Waals surface area contributed by atoms with Crippen molar-refractivity contribution in [3.8, 4) is 5.88 Å². The van der Waals surface area contributed by atoms with Crippen LogP contribution in [-0.4, -0.2) is 115 Å². The number of aromatic amines is 1. The highest BCUT2D eigenvalue weighted by Gasteiger charge is 2.52. The molecular weight excluding hydrogens is 973 g/mol. The molecule has 17 nitrogen and oxygen atoms in total. The quantitative estimate of drug-likeness (QED) is 0.0641. The van der Waals surface area contributed by atoms with Gasteiger partial charge < -0.3 is 39.4 Å². The molecular formula is C57H72N8O9S. The zero-order valence-electron chi connectivity index (χ0n) is 43.8. The number of carbonyl (C=O) groups excluding carboxylic acids is 1. The fourth-order valence-electron chi connectivity index (χ4n) is 13.3. The molecule has 5 aromatic rings. The van der Waals surface area contributed by atoms with Crippen LogP contribution in [0.2, 0.25) is 0 Å². The van der Waals surface area contributed by atoms with Crippen molar-refractivity contribution in [3.63, 3.8) is 0 Å². The number of pyridine rings is 1. The number of H-pyrrole nitrogens is 1. The van der Waals surface area contributed by atoms with Crippen LogP contribution in [0.3, 0.4) is 0 Å². The molecule has 18 heteroatoms. The van der Waals surface area contributed by atoms with Crippen LogP contribution in [0, 0.1) is 21.4 Å². The Hall–Kier alpha value is -5.79. The number of hydrogen-bond donors (Lipinski definition) is 4. The lowest BCUT2D eigenvalue weighted by Gasteiger charge is -2.59. The maximum atomic E-state index is 14.8. The van der Waals surface area contributed by atoms with Gasteiger partial charge in [-0.05, 0) is 155 Å². The Morgan fingerprint density at radius 3 is 2.48 bits per heavy atom. The molecule has 6 aliphatic rings. The van der Waals surface area contributed by atoms with E-state index < -0.39 is 43.1 Å². The summed E-state index contributed by atoms with van der Waals surface area (Å²) in [6, 6.07) is 22.6. The van der Waals surface area contributed by atoms with Gasteiger partial charge in [0.05, 0.1) is 44.9 Å². The van der Waals surface area contributed by atoms with Crippen LogP contribution in [0.25, 0.3) is 11.0 Å². The number of piperidine rings is 2. The Balaban J connectivity index is 0.864. The van der Waals surface area contributed by atoms with E-state index in [1.54, 1.807) is 6.07 Å². The minimum atomic E-state index is -4.63. The maximum absolute atomic E-state index is 14.8. The first-order chi connectivity index (χ1) is 35.9. The summed E-state index contributed by atoms with van der Waals surface area (Å²) in [6.45, 7) is 12.5. The second kappa shape index (κ2) is 20.0. The van der Waals surface area contributed by atoms with Gasteiger partial charge in [0.25, 0.3) is 21.6 Å². The number of methoxy groups -OCH3 is 1. The number of nitro benzene ring substituents is 1. The molecule has 75 heavy (non-hydrogen) atoms. The van der Waals surface area contributed by atoms with Crippen molar-refractivity contribution >= 4 is 55.4 Å². The number of nitro groups is 1. The van der Waals surface area contributed by atoms with E-state index in [4.69, 9.17) is 19.2 Å². The van der Waals surface area contributed by atoms with Gasteiger partial charge in [0.2, 0.25) is 5.88 Å². The smallest absolute Gasteiger partial charge is 0.293 e. The molecule has 2 saturated carbocycles. The van der Waals surface area contributed by atoms with Crippen LogP contribution in [0.5, 0.6) is 5.88 Å². The standard InChI is InChI=1S/C57H72N8O9S/c1-36(2)42-8-6-7-9-43(42)50-33-56(4,72-5)20-26-63(50)40-31-57(32-40)21-24-62(25-22-57)39-10-12-44(47(29-39)64-46-17-27-73-35-51(46)74-54-49(64)28-38-16-23-58-52(38)60-54)53(66)61-75(70,71)41-11-13-45(48(30-41)65(68)69)59-34-37-14-18-55(3,67)19-15-37/h6-13,16,23,28-30,36-37,40,46,50-51,59,67H,14-15,17-22,24-27,31-35H2,1-5H3,(H,58,60)(H,61,66)/t37?,46-,50-,51-,55?,56-/m0/s1. The second-order valence-corrected chi connectivity index (χ2v) is 25.0. The van der Waals surface area contributed by atoms with E-state index in [9.17, 15) is 28.4 Å². The zero-order chi connectivity index (χ0) is 52.4. The number of aromatic nitrogens is 2. The summed E-state index contributed by atoms with van der Waals surface area (Å²) in [7, 11) is -2.77. The van der Waals surface area contributed by atoms with E-state index in [0.29, 0.717) is 73.9 Å². The summed E-state index contributed by atoms with van der Waals surface area (Å²) >= 11 is 0. The third-order valence-electron chi connectivity index (χ3n) is 17.9. The molecule has 6 heterocycles. The number of carbonyl (C=O) groups is 1. The minimum absolute atomic E-state index is 0.115. The van der Waals surface area contributed by atoms with Crippen LogP contribution in [0.1, 0.15) is 132 Å². The van der Waals surface area contributed by atoms with E-state index in [1.807, 2.05) is 44.5 Å². The number of benzene rings is 3. The molecule has 0 unspecified atom stereocenters. The molecule has 5 fully saturated rings. The Morgan fingerprint density at radius 1 is 0.960 bits per heavy atom. The highest BCUT2D eigenvalue weighted by atomic mass is 32.2. The molecule has 2 aromatic heterocycles. The van der Waals surface area contributed by atoms with Crippen molar-refractivity contribution in [1.82, 2.24) is 19.6 Å². The first-order valence-electron chi connectivity index (χ1n) is 27.0. The van der Waals surface area contributed by atoms with Gasteiger partial charge in [-0.2, -0.15) is 4.98 Å². The number of sulfonamides is 1. The Labute approximate surface area is 439 Å². The van der Waals surface area contributed by atoms with Crippen LogP contribution >= 0.6 is 0 Å². The van der Waals surface area contributed by atoms with E-state index in [1.165, 1.54) is 23.3 Å². The molecule has 0 radical (unpaired) electrons. The molecule has 1 spiro atoms. The van der Waals surface area contributed by atoms with Gasteiger partial charge in [-0.15, -0.1) is 0 Å². The van der Waals surface area contributed by atoms with Crippen LogP contribution in [-0.2, 0) is 19.5 Å². The summed E-state index contributed by atoms with van der Waals surface area (Å²) in [5, 5.41) is 26.8. The lowest BCUT2D eigenvalue weighted by molar-refractivity contribution is -0.384.